The Morgan fingerprint density at radius 3 is 2.29 bits per heavy atom. The summed E-state index contributed by atoms with van der Waals surface area (Å²) in [6, 6.07) is 0. The number of fused-ring (bicyclic) bond motifs is 5. The van der Waals surface area contributed by atoms with Crippen LogP contribution in [0.4, 0.5) is 0 Å². The molecule has 4 aliphatic rings. The molecule has 162 valence electrons. The van der Waals surface area contributed by atoms with Gasteiger partial charge in [-0.1, -0.05) is 53.9 Å². The molecule has 9 atom stereocenters. The molecule has 28 heavy (non-hydrogen) atoms. The normalized spacial score (nSPS) is 49.4. The van der Waals surface area contributed by atoms with Crippen LogP contribution in [0.2, 0.25) is 0 Å². The van der Waals surface area contributed by atoms with E-state index in [1.54, 1.807) is 0 Å². The summed E-state index contributed by atoms with van der Waals surface area (Å²) in [5.41, 5.74) is 1.15. The summed E-state index contributed by atoms with van der Waals surface area (Å²) < 4.78 is 0. The average molecular weight is 389 g/mol. The maximum atomic E-state index is 10.3. The Balaban J connectivity index is 1.46. The fourth-order valence-corrected chi connectivity index (χ4v) is 9.26. The van der Waals surface area contributed by atoms with Crippen molar-refractivity contribution in [3.05, 3.63) is 0 Å². The monoisotopic (exact) mass is 388 g/mol. The molecule has 0 aliphatic heterocycles. The van der Waals surface area contributed by atoms with Gasteiger partial charge in [0.2, 0.25) is 0 Å². The van der Waals surface area contributed by atoms with Crippen LogP contribution in [-0.4, -0.2) is 11.2 Å². The van der Waals surface area contributed by atoms with Crippen LogP contribution < -0.4 is 0 Å². The van der Waals surface area contributed by atoms with Gasteiger partial charge in [0.1, 0.15) is 0 Å². The Morgan fingerprint density at radius 2 is 1.54 bits per heavy atom. The number of aliphatic hydroxyl groups is 1. The van der Waals surface area contributed by atoms with E-state index in [0.717, 1.165) is 54.3 Å². The van der Waals surface area contributed by atoms with Crippen molar-refractivity contribution in [2.45, 2.75) is 118 Å². The lowest BCUT2D eigenvalue weighted by Crippen LogP contribution is -2.54. The summed E-state index contributed by atoms with van der Waals surface area (Å²) in [4.78, 5) is 0. The number of hydrogen-bond acceptors (Lipinski definition) is 1. The molecule has 0 heterocycles. The topological polar surface area (TPSA) is 20.2 Å². The van der Waals surface area contributed by atoms with Crippen molar-refractivity contribution < 1.29 is 5.11 Å². The van der Waals surface area contributed by atoms with Crippen LogP contribution in [0.25, 0.3) is 0 Å². The van der Waals surface area contributed by atoms with Crippen LogP contribution in [0.15, 0.2) is 0 Å². The molecule has 0 radical (unpaired) electrons. The zero-order chi connectivity index (χ0) is 20.1. The molecule has 4 rings (SSSR count). The molecular formula is C27H48O. The average Bonchev–Trinajstić information content (AvgIpc) is 2.99. The van der Waals surface area contributed by atoms with Crippen LogP contribution in [-0.2, 0) is 0 Å². The van der Waals surface area contributed by atoms with Gasteiger partial charge in [0.05, 0.1) is 6.10 Å². The van der Waals surface area contributed by atoms with Crippen molar-refractivity contribution in [3.63, 3.8) is 0 Å². The third-order valence-electron chi connectivity index (χ3n) is 10.8. The summed E-state index contributed by atoms with van der Waals surface area (Å²) in [5.74, 6) is 6.49. The van der Waals surface area contributed by atoms with Gasteiger partial charge in [-0.25, -0.2) is 0 Å². The van der Waals surface area contributed by atoms with Crippen molar-refractivity contribution in [3.8, 4) is 0 Å². The van der Waals surface area contributed by atoms with Crippen LogP contribution >= 0.6 is 0 Å². The molecule has 4 saturated carbocycles. The van der Waals surface area contributed by atoms with E-state index in [2.05, 4.69) is 34.6 Å². The van der Waals surface area contributed by atoms with Gasteiger partial charge in [0.25, 0.3) is 0 Å². The Hall–Kier alpha value is -0.0400. The van der Waals surface area contributed by atoms with E-state index in [1.807, 2.05) is 0 Å². The van der Waals surface area contributed by atoms with E-state index in [0.29, 0.717) is 10.8 Å². The van der Waals surface area contributed by atoms with E-state index in [4.69, 9.17) is 0 Å². The van der Waals surface area contributed by atoms with Gasteiger partial charge in [-0.3, -0.25) is 0 Å². The first kappa shape index (κ1) is 21.2. The minimum atomic E-state index is -0.00830. The molecule has 0 spiro atoms. The summed E-state index contributed by atoms with van der Waals surface area (Å²) in [5, 5.41) is 10.3. The quantitative estimate of drug-likeness (QED) is 0.518. The van der Waals surface area contributed by atoms with Gasteiger partial charge in [-0.2, -0.15) is 0 Å². The van der Waals surface area contributed by atoms with Gasteiger partial charge in [0.15, 0.2) is 0 Å². The van der Waals surface area contributed by atoms with Crippen molar-refractivity contribution in [1.82, 2.24) is 0 Å². The number of aliphatic hydroxyl groups excluding tert-OH is 1. The fourth-order valence-electron chi connectivity index (χ4n) is 9.26. The molecule has 1 heteroatoms. The highest BCUT2D eigenvalue weighted by Gasteiger charge is 2.60. The lowest BCUT2D eigenvalue weighted by atomic mass is 9.44. The molecule has 0 aromatic heterocycles. The second kappa shape index (κ2) is 7.90. The molecular weight excluding hydrogens is 340 g/mol. The number of hydrogen-bond donors (Lipinski definition) is 1. The van der Waals surface area contributed by atoms with Crippen LogP contribution in [0.5, 0.6) is 0 Å². The second-order valence-electron chi connectivity index (χ2n) is 12.6. The van der Waals surface area contributed by atoms with E-state index < -0.39 is 0 Å². The van der Waals surface area contributed by atoms with Crippen LogP contribution in [0.3, 0.4) is 0 Å². The second-order valence-corrected chi connectivity index (χ2v) is 12.6. The minimum absolute atomic E-state index is 0.00830. The summed E-state index contributed by atoms with van der Waals surface area (Å²) in [6.45, 7) is 12.7. The lowest BCUT2D eigenvalue weighted by Gasteiger charge is -2.61. The molecule has 0 saturated heterocycles. The number of rotatable bonds is 5. The van der Waals surface area contributed by atoms with Gasteiger partial charge >= 0.3 is 0 Å². The van der Waals surface area contributed by atoms with Crippen molar-refractivity contribution in [2.75, 3.05) is 0 Å². The Kier molecular flexibility index (Phi) is 5.98. The third kappa shape index (κ3) is 3.50. The van der Waals surface area contributed by atoms with E-state index in [9.17, 15) is 5.11 Å². The van der Waals surface area contributed by atoms with E-state index in [-0.39, 0.29) is 6.10 Å². The maximum Gasteiger partial charge on any atom is 0.0543 e. The van der Waals surface area contributed by atoms with Crippen molar-refractivity contribution in [1.29, 1.82) is 0 Å². The lowest BCUT2D eigenvalue weighted by molar-refractivity contribution is -0.129. The summed E-state index contributed by atoms with van der Waals surface area (Å²) in [6.07, 6.45) is 16.6. The predicted molar refractivity (Wildman–Crippen MR) is 119 cm³/mol. The molecule has 1 N–H and O–H groups in total. The first-order valence-corrected chi connectivity index (χ1v) is 12.9. The Bertz CT molecular complexity index is 540. The Morgan fingerprint density at radius 1 is 0.821 bits per heavy atom. The summed E-state index contributed by atoms with van der Waals surface area (Å²) >= 11 is 0. The Labute approximate surface area is 175 Å². The van der Waals surface area contributed by atoms with E-state index >= 15 is 0 Å². The SMILES string of the molecule is CC(C)CCC[C@@H](C)C1CC[C@H]2[C@@H]3CC[C@H]4C[C@@H](O)CC[C@]4(C)[C@H]3CC[C@]12C. The largest absolute Gasteiger partial charge is 0.393 e. The highest BCUT2D eigenvalue weighted by molar-refractivity contribution is 5.09. The maximum absolute atomic E-state index is 10.3. The zero-order valence-corrected chi connectivity index (χ0v) is 19.6. The summed E-state index contributed by atoms with van der Waals surface area (Å²) in [7, 11) is 0. The highest BCUT2D eigenvalue weighted by atomic mass is 16.3. The molecule has 4 fully saturated rings. The predicted octanol–water partition coefficient (Wildman–Crippen LogP) is 7.47. The third-order valence-corrected chi connectivity index (χ3v) is 10.8. The molecule has 0 amide bonds. The molecule has 1 nitrogen and oxygen atoms in total. The van der Waals surface area contributed by atoms with Crippen LogP contribution in [0, 0.1) is 52.3 Å². The van der Waals surface area contributed by atoms with Crippen LogP contribution in [0.1, 0.15) is 112 Å². The first-order valence-electron chi connectivity index (χ1n) is 12.9. The first-order chi connectivity index (χ1) is 13.3. The van der Waals surface area contributed by atoms with Crippen molar-refractivity contribution in [2.24, 2.45) is 52.3 Å². The van der Waals surface area contributed by atoms with Gasteiger partial charge in [-0.05, 0) is 110 Å². The standard InChI is InChI=1S/C27H48O/c1-18(2)7-6-8-19(3)23-11-12-24-22-10-9-20-17-21(28)13-15-26(20,4)25(22)14-16-27(23,24)5/h18-25,28H,6-17H2,1-5H3/t19-,20+,21+,22+,23?,24+,25+,26+,27-/m1/s1. The molecule has 0 bridgehead atoms. The van der Waals surface area contributed by atoms with E-state index in [1.165, 1.54) is 64.2 Å². The molecule has 1 unspecified atom stereocenters. The smallest absolute Gasteiger partial charge is 0.0543 e. The zero-order valence-electron chi connectivity index (χ0n) is 19.6. The van der Waals surface area contributed by atoms with Gasteiger partial charge in [0, 0.05) is 0 Å². The fraction of sp³-hybridized carbons (Fsp3) is 1.00. The van der Waals surface area contributed by atoms with Gasteiger partial charge < -0.3 is 5.11 Å². The molecule has 0 aromatic carbocycles. The highest BCUT2D eigenvalue weighted by Crippen LogP contribution is 2.68. The molecule has 0 aromatic rings. The van der Waals surface area contributed by atoms with Gasteiger partial charge in [-0.15, -0.1) is 0 Å². The minimum Gasteiger partial charge on any atom is -0.393 e. The molecule has 4 aliphatic carbocycles. The van der Waals surface area contributed by atoms with Crippen molar-refractivity contribution >= 4 is 0 Å².